The van der Waals surface area contributed by atoms with E-state index in [2.05, 4.69) is 31.9 Å². The number of hydrogen-bond acceptors (Lipinski definition) is 1. The van der Waals surface area contributed by atoms with Crippen molar-refractivity contribution in [2.75, 3.05) is 0 Å². The molecule has 1 atom stereocenters. The smallest absolute Gasteiger partial charge is 0.127 e. The van der Waals surface area contributed by atoms with Crippen LogP contribution in [0.2, 0.25) is 5.02 Å². The van der Waals surface area contributed by atoms with Crippen LogP contribution < -0.4 is 0 Å². The van der Waals surface area contributed by atoms with E-state index in [1.807, 2.05) is 12.1 Å². The zero-order valence-corrected chi connectivity index (χ0v) is 13.9. The van der Waals surface area contributed by atoms with E-state index in [1.54, 1.807) is 19.1 Å². The number of rotatable bonds is 2. The molecule has 19 heavy (non-hydrogen) atoms. The van der Waals surface area contributed by atoms with E-state index >= 15 is 0 Å². The molecule has 0 heterocycles. The Kier molecular flexibility index (Phi) is 4.66. The third-order valence-corrected chi connectivity index (χ3v) is 4.34. The molecule has 0 aromatic heterocycles. The summed E-state index contributed by atoms with van der Waals surface area (Å²) in [5, 5.41) is 10.6. The molecule has 2 rings (SSSR count). The second-order valence-corrected chi connectivity index (χ2v) is 6.37. The van der Waals surface area contributed by atoms with Crippen LogP contribution in [-0.4, -0.2) is 5.11 Å². The second-order valence-electron chi connectivity index (χ2n) is 4.19. The van der Waals surface area contributed by atoms with Gasteiger partial charge in [0, 0.05) is 19.5 Å². The zero-order chi connectivity index (χ0) is 14.2. The minimum Gasteiger partial charge on any atom is -0.384 e. The van der Waals surface area contributed by atoms with Crippen molar-refractivity contribution in [2.45, 2.75) is 13.0 Å². The number of halogens is 4. The van der Waals surface area contributed by atoms with Crippen molar-refractivity contribution in [1.82, 2.24) is 0 Å². The predicted molar refractivity (Wildman–Crippen MR) is 82.1 cm³/mol. The predicted octanol–water partition coefficient (Wildman–Crippen LogP) is 5.39. The molecule has 0 amide bonds. The SMILES string of the molecule is Cc1cc(C(O)c2ccc(Br)cc2Br)c(Cl)cc1F. The molecule has 0 aliphatic rings. The van der Waals surface area contributed by atoms with Crippen molar-refractivity contribution in [3.8, 4) is 0 Å². The van der Waals surface area contributed by atoms with Gasteiger partial charge < -0.3 is 5.11 Å². The van der Waals surface area contributed by atoms with E-state index in [0.29, 0.717) is 16.7 Å². The molecule has 0 radical (unpaired) electrons. The van der Waals surface area contributed by atoms with Crippen LogP contribution >= 0.6 is 43.5 Å². The Morgan fingerprint density at radius 3 is 2.47 bits per heavy atom. The Hall–Kier alpha value is -0.420. The van der Waals surface area contributed by atoms with Crippen LogP contribution in [0.3, 0.4) is 0 Å². The average Bonchev–Trinajstić information content (AvgIpc) is 2.33. The summed E-state index contributed by atoms with van der Waals surface area (Å²) in [6.45, 7) is 1.64. The molecular formula is C14H10Br2ClFO. The van der Waals surface area contributed by atoms with Gasteiger partial charge >= 0.3 is 0 Å². The van der Waals surface area contributed by atoms with Gasteiger partial charge in [-0.2, -0.15) is 0 Å². The first kappa shape index (κ1) is 15.0. The van der Waals surface area contributed by atoms with Crippen LogP contribution in [-0.2, 0) is 0 Å². The Labute approximate surface area is 132 Å². The molecule has 100 valence electrons. The van der Waals surface area contributed by atoms with Crippen molar-refractivity contribution in [2.24, 2.45) is 0 Å². The number of hydrogen-bond donors (Lipinski definition) is 1. The van der Waals surface area contributed by atoms with Crippen molar-refractivity contribution >= 4 is 43.5 Å². The maximum absolute atomic E-state index is 13.4. The van der Waals surface area contributed by atoms with Crippen LogP contribution in [0.5, 0.6) is 0 Å². The van der Waals surface area contributed by atoms with Gasteiger partial charge in [-0.15, -0.1) is 0 Å². The molecule has 1 unspecified atom stereocenters. The molecule has 0 spiro atoms. The molecule has 5 heteroatoms. The first-order valence-electron chi connectivity index (χ1n) is 5.48. The van der Waals surface area contributed by atoms with E-state index in [1.165, 1.54) is 6.07 Å². The lowest BCUT2D eigenvalue weighted by Crippen LogP contribution is -2.03. The first-order chi connectivity index (χ1) is 8.90. The van der Waals surface area contributed by atoms with Crippen molar-refractivity contribution in [3.63, 3.8) is 0 Å². The minimum absolute atomic E-state index is 0.213. The van der Waals surface area contributed by atoms with Crippen molar-refractivity contribution in [1.29, 1.82) is 0 Å². The molecule has 0 saturated carbocycles. The highest BCUT2D eigenvalue weighted by atomic mass is 79.9. The summed E-state index contributed by atoms with van der Waals surface area (Å²) in [5.41, 5.74) is 1.62. The lowest BCUT2D eigenvalue weighted by atomic mass is 10.00. The molecule has 2 aromatic carbocycles. The molecule has 1 N–H and O–H groups in total. The number of aliphatic hydroxyl groups is 1. The van der Waals surface area contributed by atoms with E-state index in [4.69, 9.17) is 11.6 Å². The van der Waals surface area contributed by atoms with Gasteiger partial charge in [0.2, 0.25) is 0 Å². The zero-order valence-electron chi connectivity index (χ0n) is 9.92. The van der Waals surface area contributed by atoms with Gasteiger partial charge in [-0.3, -0.25) is 0 Å². The van der Waals surface area contributed by atoms with Gasteiger partial charge in [0.15, 0.2) is 0 Å². The molecule has 1 nitrogen and oxygen atoms in total. The Morgan fingerprint density at radius 1 is 1.16 bits per heavy atom. The standard InChI is InChI=1S/C14H10Br2ClFO/c1-7-4-10(12(17)6-13(7)18)14(19)9-3-2-8(15)5-11(9)16/h2-6,14,19H,1H3. The number of benzene rings is 2. The monoisotopic (exact) mass is 406 g/mol. The van der Waals surface area contributed by atoms with E-state index in [-0.39, 0.29) is 10.8 Å². The summed E-state index contributed by atoms with van der Waals surface area (Å²) in [6, 6.07) is 8.24. The molecule has 0 aliphatic carbocycles. The summed E-state index contributed by atoms with van der Waals surface area (Å²) in [7, 11) is 0. The summed E-state index contributed by atoms with van der Waals surface area (Å²) in [5.74, 6) is -0.379. The Bertz CT molecular complexity index is 631. The Balaban J connectivity index is 2.49. The maximum Gasteiger partial charge on any atom is 0.127 e. The molecule has 0 bridgehead atoms. The average molecular weight is 408 g/mol. The minimum atomic E-state index is -0.908. The number of aliphatic hydroxyl groups excluding tert-OH is 1. The van der Waals surface area contributed by atoms with E-state index < -0.39 is 6.10 Å². The van der Waals surface area contributed by atoms with Gasteiger partial charge in [-0.05, 0) is 42.3 Å². The first-order valence-corrected chi connectivity index (χ1v) is 7.45. The lowest BCUT2D eigenvalue weighted by molar-refractivity contribution is 0.219. The fourth-order valence-electron chi connectivity index (χ4n) is 1.78. The molecule has 2 aromatic rings. The van der Waals surface area contributed by atoms with Crippen molar-refractivity contribution in [3.05, 3.63) is 66.8 Å². The van der Waals surface area contributed by atoms with Gasteiger partial charge in [0.25, 0.3) is 0 Å². The fraction of sp³-hybridized carbons (Fsp3) is 0.143. The third-order valence-electron chi connectivity index (χ3n) is 2.83. The highest BCUT2D eigenvalue weighted by Gasteiger charge is 2.18. The van der Waals surface area contributed by atoms with Crippen LogP contribution in [0.1, 0.15) is 22.8 Å². The topological polar surface area (TPSA) is 20.2 Å². The van der Waals surface area contributed by atoms with Gasteiger partial charge in [-0.1, -0.05) is 49.5 Å². The molecule has 0 aliphatic heterocycles. The molecular weight excluding hydrogens is 398 g/mol. The van der Waals surface area contributed by atoms with Gasteiger partial charge in [0.05, 0.1) is 0 Å². The molecule has 0 saturated heterocycles. The van der Waals surface area contributed by atoms with Crippen molar-refractivity contribution < 1.29 is 9.50 Å². The largest absolute Gasteiger partial charge is 0.384 e. The molecule has 0 fully saturated rings. The summed E-state index contributed by atoms with van der Waals surface area (Å²) in [6.07, 6.45) is -0.908. The normalized spacial score (nSPS) is 12.5. The quantitative estimate of drug-likeness (QED) is 0.706. The van der Waals surface area contributed by atoms with E-state index in [9.17, 15) is 9.50 Å². The third kappa shape index (κ3) is 3.19. The summed E-state index contributed by atoms with van der Waals surface area (Å²) >= 11 is 12.8. The Morgan fingerprint density at radius 2 is 1.84 bits per heavy atom. The van der Waals surface area contributed by atoms with Crippen LogP contribution in [0, 0.1) is 12.7 Å². The van der Waals surface area contributed by atoms with Crippen LogP contribution in [0.4, 0.5) is 4.39 Å². The summed E-state index contributed by atoms with van der Waals surface area (Å²) < 4.78 is 15.0. The second kappa shape index (κ2) is 5.92. The lowest BCUT2D eigenvalue weighted by Gasteiger charge is -2.16. The highest BCUT2D eigenvalue weighted by Crippen LogP contribution is 2.34. The van der Waals surface area contributed by atoms with E-state index in [0.717, 1.165) is 8.95 Å². The van der Waals surface area contributed by atoms with Crippen LogP contribution in [0.15, 0.2) is 39.3 Å². The van der Waals surface area contributed by atoms with Crippen LogP contribution in [0.25, 0.3) is 0 Å². The fourth-order valence-corrected chi connectivity index (χ4v) is 3.30. The highest BCUT2D eigenvalue weighted by molar-refractivity contribution is 9.11. The van der Waals surface area contributed by atoms with Gasteiger partial charge in [0.1, 0.15) is 11.9 Å². The van der Waals surface area contributed by atoms with Gasteiger partial charge in [-0.25, -0.2) is 4.39 Å². The summed E-state index contributed by atoms with van der Waals surface area (Å²) in [4.78, 5) is 0. The maximum atomic E-state index is 13.4. The number of aryl methyl sites for hydroxylation is 1.